The molecule has 0 fully saturated rings. The topological polar surface area (TPSA) is 71.5 Å². The van der Waals surface area contributed by atoms with Crippen molar-refractivity contribution < 1.29 is 14.3 Å². The van der Waals surface area contributed by atoms with E-state index >= 15 is 0 Å². The first-order valence-electron chi connectivity index (χ1n) is 7.80. The summed E-state index contributed by atoms with van der Waals surface area (Å²) < 4.78 is 5.08. The van der Waals surface area contributed by atoms with E-state index in [0.717, 1.165) is 0 Å². The number of nitrogens with one attached hydrogen (secondary N) is 1. The molecule has 2 rings (SSSR count). The van der Waals surface area contributed by atoms with Gasteiger partial charge >= 0.3 is 0 Å². The number of amides is 2. The monoisotopic (exact) mass is 327 g/mol. The number of ether oxygens (including phenoxy) is 1. The fourth-order valence-electron chi connectivity index (χ4n) is 2.31. The predicted octanol–water partition coefficient (Wildman–Crippen LogP) is 2.82. The Kier molecular flexibility index (Phi) is 5.89. The van der Waals surface area contributed by atoms with Gasteiger partial charge in [-0.15, -0.1) is 0 Å². The summed E-state index contributed by atoms with van der Waals surface area (Å²) in [7, 11) is 1.47. The van der Waals surface area contributed by atoms with Crippen molar-refractivity contribution in [1.29, 1.82) is 0 Å². The van der Waals surface area contributed by atoms with Crippen molar-refractivity contribution in [3.8, 4) is 5.88 Å². The van der Waals surface area contributed by atoms with Crippen LogP contribution in [0.1, 0.15) is 34.6 Å². The smallest absolute Gasteiger partial charge is 0.261 e. The summed E-state index contributed by atoms with van der Waals surface area (Å²) in [5.74, 6) is -0.0714. The number of hydrogen-bond donors (Lipinski definition) is 1. The molecule has 24 heavy (non-hydrogen) atoms. The highest BCUT2D eigenvalue weighted by molar-refractivity contribution is 6.06. The molecule has 0 aliphatic rings. The number of aromatic nitrogens is 1. The fraction of sp³-hybridized carbons (Fsp3) is 0.278. The van der Waals surface area contributed by atoms with Gasteiger partial charge in [-0.3, -0.25) is 9.59 Å². The Morgan fingerprint density at radius 3 is 2.38 bits per heavy atom. The highest BCUT2D eigenvalue weighted by atomic mass is 16.5. The SMILES string of the molecule is CCN(CC)C(=O)c1ccc(NC(=O)c2cccnc2OC)cc1. The van der Waals surface area contributed by atoms with Gasteiger partial charge in [0.2, 0.25) is 5.88 Å². The molecule has 0 aliphatic heterocycles. The number of rotatable bonds is 6. The van der Waals surface area contributed by atoms with Gasteiger partial charge in [-0.05, 0) is 50.2 Å². The van der Waals surface area contributed by atoms with Crippen LogP contribution in [0.5, 0.6) is 5.88 Å². The molecule has 0 unspecified atom stereocenters. The number of nitrogens with zero attached hydrogens (tertiary/aromatic N) is 2. The molecule has 1 aromatic heterocycles. The Hall–Kier alpha value is -2.89. The molecule has 2 amide bonds. The zero-order valence-corrected chi connectivity index (χ0v) is 14.1. The minimum Gasteiger partial charge on any atom is -0.480 e. The van der Waals surface area contributed by atoms with Gasteiger partial charge < -0.3 is 15.0 Å². The molecule has 6 heteroatoms. The van der Waals surface area contributed by atoms with Crippen molar-refractivity contribution >= 4 is 17.5 Å². The van der Waals surface area contributed by atoms with Crippen molar-refractivity contribution in [3.63, 3.8) is 0 Å². The summed E-state index contributed by atoms with van der Waals surface area (Å²) in [6, 6.07) is 10.1. The van der Waals surface area contributed by atoms with Gasteiger partial charge in [0.1, 0.15) is 5.56 Å². The Balaban J connectivity index is 2.11. The first kappa shape index (κ1) is 17.5. The predicted molar refractivity (Wildman–Crippen MR) is 92.4 cm³/mol. The van der Waals surface area contributed by atoms with Gasteiger partial charge in [0.05, 0.1) is 7.11 Å². The van der Waals surface area contributed by atoms with Crippen LogP contribution in [0, 0.1) is 0 Å². The number of benzene rings is 1. The average Bonchev–Trinajstić information content (AvgIpc) is 2.63. The van der Waals surface area contributed by atoms with Crippen molar-refractivity contribution in [2.24, 2.45) is 0 Å². The summed E-state index contributed by atoms with van der Waals surface area (Å²) in [6.45, 7) is 5.21. The standard InChI is InChI=1S/C18H21N3O3/c1-4-21(5-2)18(23)13-8-10-14(11-9-13)20-16(22)15-7-6-12-19-17(15)24-3/h6-12H,4-5H2,1-3H3,(H,20,22). The largest absolute Gasteiger partial charge is 0.480 e. The molecule has 126 valence electrons. The number of anilines is 1. The van der Waals surface area contributed by atoms with E-state index in [0.29, 0.717) is 29.9 Å². The van der Waals surface area contributed by atoms with Gasteiger partial charge in [0.25, 0.3) is 11.8 Å². The number of pyridine rings is 1. The maximum Gasteiger partial charge on any atom is 0.261 e. The summed E-state index contributed by atoms with van der Waals surface area (Å²) in [4.78, 5) is 30.3. The molecule has 1 aromatic carbocycles. The van der Waals surface area contributed by atoms with E-state index in [1.54, 1.807) is 47.5 Å². The Morgan fingerprint density at radius 2 is 1.79 bits per heavy atom. The van der Waals surface area contributed by atoms with E-state index in [9.17, 15) is 9.59 Å². The molecule has 0 saturated carbocycles. The first-order valence-corrected chi connectivity index (χ1v) is 7.80. The van der Waals surface area contributed by atoms with E-state index in [2.05, 4.69) is 10.3 Å². The zero-order chi connectivity index (χ0) is 17.5. The number of carbonyl (C=O) groups excluding carboxylic acids is 2. The van der Waals surface area contributed by atoms with Crippen LogP contribution in [0.15, 0.2) is 42.6 Å². The Morgan fingerprint density at radius 1 is 1.12 bits per heavy atom. The van der Waals surface area contributed by atoms with Crippen LogP contribution < -0.4 is 10.1 Å². The fourth-order valence-corrected chi connectivity index (χ4v) is 2.31. The van der Waals surface area contributed by atoms with Crippen molar-refractivity contribution in [3.05, 3.63) is 53.7 Å². The molecular formula is C18H21N3O3. The quantitative estimate of drug-likeness (QED) is 0.885. The maximum atomic E-state index is 12.3. The van der Waals surface area contributed by atoms with Crippen LogP contribution in [0.2, 0.25) is 0 Å². The lowest BCUT2D eigenvalue weighted by Gasteiger charge is -2.18. The molecule has 6 nitrogen and oxygen atoms in total. The molecular weight excluding hydrogens is 306 g/mol. The summed E-state index contributed by atoms with van der Waals surface area (Å²) in [5, 5.41) is 2.77. The second kappa shape index (κ2) is 8.10. The van der Waals surface area contributed by atoms with Gasteiger partial charge in [0, 0.05) is 30.5 Å². The van der Waals surface area contributed by atoms with E-state index in [1.165, 1.54) is 7.11 Å². The highest BCUT2D eigenvalue weighted by Gasteiger charge is 2.14. The molecule has 0 saturated heterocycles. The van der Waals surface area contributed by atoms with Crippen molar-refractivity contribution in [2.45, 2.75) is 13.8 Å². The van der Waals surface area contributed by atoms with Crippen LogP contribution in [0.3, 0.4) is 0 Å². The molecule has 0 radical (unpaired) electrons. The van der Waals surface area contributed by atoms with Crippen molar-refractivity contribution in [1.82, 2.24) is 9.88 Å². The van der Waals surface area contributed by atoms with Crippen LogP contribution in [-0.2, 0) is 0 Å². The highest BCUT2D eigenvalue weighted by Crippen LogP contribution is 2.17. The summed E-state index contributed by atoms with van der Waals surface area (Å²) >= 11 is 0. The van der Waals surface area contributed by atoms with Gasteiger partial charge in [-0.25, -0.2) is 4.98 Å². The van der Waals surface area contributed by atoms with Gasteiger partial charge in [0.15, 0.2) is 0 Å². The molecule has 2 aromatic rings. The lowest BCUT2D eigenvalue weighted by Crippen LogP contribution is -2.30. The molecule has 1 heterocycles. The maximum absolute atomic E-state index is 12.3. The summed E-state index contributed by atoms with van der Waals surface area (Å²) in [5.41, 5.74) is 1.54. The lowest BCUT2D eigenvalue weighted by molar-refractivity contribution is 0.0773. The minimum atomic E-state index is -0.317. The molecule has 0 atom stereocenters. The summed E-state index contributed by atoms with van der Waals surface area (Å²) in [6.07, 6.45) is 1.56. The van der Waals surface area contributed by atoms with Crippen LogP contribution in [-0.4, -0.2) is 41.9 Å². The number of hydrogen-bond acceptors (Lipinski definition) is 4. The average molecular weight is 327 g/mol. The third-order valence-electron chi connectivity index (χ3n) is 3.65. The second-order valence-corrected chi connectivity index (χ2v) is 5.07. The third kappa shape index (κ3) is 3.90. The second-order valence-electron chi connectivity index (χ2n) is 5.07. The van der Waals surface area contributed by atoms with Crippen LogP contribution in [0.25, 0.3) is 0 Å². The van der Waals surface area contributed by atoms with Crippen molar-refractivity contribution in [2.75, 3.05) is 25.5 Å². The minimum absolute atomic E-state index is 0.0215. The van der Waals surface area contributed by atoms with E-state index in [1.807, 2.05) is 13.8 Å². The molecule has 0 spiro atoms. The molecule has 0 bridgehead atoms. The van der Waals surface area contributed by atoms with E-state index < -0.39 is 0 Å². The van der Waals surface area contributed by atoms with Crippen LogP contribution >= 0.6 is 0 Å². The normalized spacial score (nSPS) is 10.1. The third-order valence-corrected chi connectivity index (χ3v) is 3.65. The molecule has 1 N–H and O–H groups in total. The Labute approximate surface area is 141 Å². The van der Waals surface area contributed by atoms with E-state index in [-0.39, 0.29) is 17.7 Å². The lowest BCUT2D eigenvalue weighted by atomic mass is 10.1. The van der Waals surface area contributed by atoms with E-state index in [4.69, 9.17) is 4.74 Å². The van der Waals surface area contributed by atoms with Gasteiger partial charge in [-0.2, -0.15) is 0 Å². The number of carbonyl (C=O) groups is 2. The van der Waals surface area contributed by atoms with Crippen LogP contribution in [0.4, 0.5) is 5.69 Å². The first-order chi connectivity index (χ1) is 11.6. The number of methoxy groups -OCH3 is 1. The van der Waals surface area contributed by atoms with Gasteiger partial charge in [-0.1, -0.05) is 0 Å². The zero-order valence-electron chi connectivity index (χ0n) is 14.1. The molecule has 0 aliphatic carbocycles. The Bertz CT molecular complexity index is 710.